The van der Waals surface area contributed by atoms with Gasteiger partial charge >= 0.3 is 0 Å². The zero-order chi connectivity index (χ0) is 15.7. The van der Waals surface area contributed by atoms with Crippen LogP contribution in [-0.4, -0.2) is 20.7 Å². The van der Waals surface area contributed by atoms with Crippen LogP contribution in [0.15, 0.2) is 24.3 Å². The molecule has 120 valence electrons. The maximum atomic E-state index is 11.2. The van der Waals surface area contributed by atoms with Gasteiger partial charge in [-0.05, 0) is 31.5 Å². The summed E-state index contributed by atoms with van der Waals surface area (Å²) >= 11 is 0. The first-order valence-corrected chi connectivity index (χ1v) is 9.64. The molecule has 0 amide bonds. The number of rotatable bonds is 10. The molecule has 5 heteroatoms. The molecule has 0 bridgehead atoms. The van der Waals surface area contributed by atoms with Gasteiger partial charge in [0.2, 0.25) is 10.0 Å². The van der Waals surface area contributed by atoms with Gasteiger partial charge in [0.05, 0.1) is 11.9 Å². The molecule has 0 aliphatic rings. The van der Waals surface area contributed by atoms with Crippen LogP contribution < -0.4 is 10.0 Å². The van der Waals surface area contributed by atoms with Crippen LogP contribution in [0, 0.1) is 0 Å². The van der Waals surface area contributed by atoms with Gasteiger partial charge in [0.15, 0.2) is 0 Å². The van der Waals surface area contributed by atoms with E-state index in [1.165, 1.54) is 32.1 Å². The lowest BCUT2D eigenvalue weighted by Gasteiger charge is -2.16. The minimum atomic E-state index is -3.22. The summed E-state index contributed by atoms with van der Waals surface area (Å²) < 4.78 is 25.0. The number of hydrogen-bond acceptors (Lipinski definition) is 3. The van der Waals surface area contributed by atoms with Crippen molar-refractivity contribution < 1.29 is 8.42 Å². The van der Waals surface area contributed by atoms with E-state index in [-0.39, 0.29) is 0 Å². The van der Waals surface area contributed by atoms with Crippen molar-refractivity contribution in [1.82, 2.24) is 0 Å². The first-order chi connectivity index (χ1) is 9.90. The van der Waals surface area contributed by atoms with Crippen molar-refractivity contribution in [1.29, 1.82) is 0 Å². The molecule has 4 nitrogen and oxygen atoms in total. The Labute approximate surface area is 129 Å². The van der Waals surface area contributed by atoms with Gasteiger partial charge < -0.3 is 5.32 Å². The molecule has 0 spiro atoms. The van der Waals surface area contributed by atoms with Crippen molar-refractivity contribution >= 4 is 21.4 Å². The highest BCUT2D eigenvalue weighted by Crippen LogP contribution is 2.18. The fourth-order valence-electron chi connectivity index (χ4n) is 2.30. The van der Waals surface area contributed by atoms with E-state index in [9.17, 15) is 8.42 Å². The van der Waals surface area contributed by atoms with Gasteiger partial charge in [-0.1, -0.05) is 45.1 Å². The van der Waals surface area contributed by atoms with Gasteiger partial charge in [0.1, 0.15) is 0 Å². The minimum Gasteiger partial charge on any atom is -0.383 e. The average Bonchev–Trinajstić information content (AvgIpc) is 2.37. The molecule has 0 heterocycles. The van der Waals surface area contributed by atoms with E-state index in [0.29, 0.717) is 11.7 Å². The summed E-state index contributed by atoms with van der Waals surface area (Å²) in [4.78, 5) is 0. The van der Waals surface area contributed by atoms with Crippen LogP contribution in [0.2, 0.25) is 0 Å². The number of anilines is 2. The third-order valence-corrected chi connectivity index (χ3v) is 3.93. The Hall–Kier alpha value is -1.23. The molecule has 1 aromatic carbocycles. The molecule has 0 aromatic heterocycles. The van der Waals surface area contributed by atoms with Crippen LogP contribution >= 0.6 is 0 Å². The van der Waals surface area contributed by atoms with Crippen molar-refractivity contribution in [2.24, 2.45) is 0 Å². The topological polar surface area (TPSA) is 58.2 Å². The van der Waals surface area contributed by atoms with Gasteiger partial charge in [0.25, 0.3) is 0 Å². The molecule has 0 saturated carbocycles. The highest BCUT2D eigenvalue weighted by molar-refractivity contribution is 7.92. The van der Waals surface area contributed by atoms with E-state index in [1.54, 1.807) is 6.07 Å². The van der Waals surface area contributed by atoms with Crippen molar-refractivity contribution in [2.45, 2.75) is 58.4 Å². The van der Waals surface area contributed by atoms with Gasteiger partial charge in [-0.3, -0.25) is 4.72 Å². The fourth-order valence-corrected chi connectivity index (χ4v) is 2.85. The fraction of sp³-hybridized carbons (Fsp3) is 0.625. The Balaban J connectivity index is 2.41. The van der Waals surface area contributed by atoms with Crippen molar-refractivity contribution in [3.8, 4) is 0 Å². The molecule has 21 heavy (non-hydrogen) atoms. The summed E-state index contributed by atoms with van der Waals surface area (Å²) in [6.45, 7) is 4.39. The SMILES string of the molecule is CCCCCCCC(C)Nc1cccc(NS(C)(=O)=O)c1. The smallest absolute Gasteiger partial charge is 0.229 e. The molecule has 0 radical (unpaired) electrons. The second-order valence-electron chi connectivity index (χ2n) is 5.70. The molecular formula is C16H28N2O2S. The van der Waals surface area contributed by atoms with Crippen LogP contribution in [0.1, 0.15) is 52.4 Å². The van der Waals surface area contributed by atoms with Gasteiger partial charge in [-0.2, -0.15) is 0 Å². The Morgan fingerprint density at radius 2 is 1.76 bits per heavy atom. The lowest BCUT2D eigenvalue weighted by molar-refractivity contribution is 0.578. The Kier molecular flexibility index (Phi) is 7.57. The van der Waals surface area contributed by atoms with Crippen molar-refractivity contribution in [3.63, 3.8) is 0 Å². The third kappa shape index (κ3) is 8.60. The largest absolute Gasteiger partial charge is 0.383 e. The predicted octanol–water partition coefficient (Wildman–Crippen LogP) is 4.22. The maximum Gasteiger partial charge on any atom is 0.229 e. The van der Waals surface area contributed by atoms with Gasteiger partial charge in [-0.15, -0.1) is 0 Å². The van der Waals surface area contributed by atoms with E-state index in [2.05, 4.69) is 23.9 Å². The molecule has 1 rings (SSSR count). The van der Waals surface area contributed by atoms with Crippen molar-refractivity contribution in [2.75, 3.05) is 16.3 Å². The molecule has 2 N–H and O–H groups in total. The molecule has 1 atom stereocenters. The molecule has 0 fully saturated rings. The monoisotopic (exact) mass is 312 g/mol. The van der Waals surface area contributed by atoms with E-state index >= 15 is 0 Å². The molecule has 0 saturated heterocycles. The van der Waals surface area contributed by atoms with E-state index in [1.807, 2.05) is 18.2 Å². The second kappa shape index (κ2) is 8.93. The van der Waals surface area contributed by atoms with Crippen LogP contribution in [0.4, 0.5) is 11.4 Å². The van der Waals surface area contributed by atoms with Gasteiger partial charge in [0, 0.05) is 11.7 Å². The quantitative estimate of drug-likeness (QED) is 0.636. The highest BCUT2D eigenvalue weighted by Gasteiger charge is 2.05. The van der Waals surface area contributed by atoms with Crippen LogP contribution in [-0.2, 0) is 10.0 Å². The summed E-state index contributed by atoms with van der Waals surface area (Å²) in [6, 6.07) is 7.78. The van der Waals surface area contributed by atoms with E-state index in [0.717, 1.165) is 18.4 Å². The van der Waals surface area contributed by atoms with E-state index in [4.69, 9.17) is 0 Å². The number of hydrogen-bond donors (Lipinski definition) is 2. The normalized spacial score (nSPS) is 12.9. The predicted molar refractivity (Wildman–Crippen MR) is 91.4 cm³/mol. The lowest BCUT2D eigenvalue weighted by atomic mass is 10.1. The average molecular weight is 312 g/mol. The summed E-state index contributed by atoms with van der Waals surface area (Å²) in [7, 11) is -3.22. The van der Waals surface area contributed by atoms with E-state index < -0.39 is 10.0 Å². The number of sulfonamides is 1. The number of unbranched alkanes of at least 4 members (excludes halogenated alkanes) is 4. The Bertz CT molecular complexity index is 515. The first-order valence-electron chi connectivity index (χ1n) is 7.75. The maximum absolute atomic E-state index is 11.2. The molecule has 1 unspecified atom stereocenters. The summed E-state index contributed by atoms with van der Waals surface area (Å²) in [5.41, 5.74) is 1.54. The zero-order valence-corrected chi connectivity index (χ0v) is 14.2. The second-order valence-corrected chi connectivity index (χ2v) is 7.45. The van der Waals surface area contributed by atoms with Crippen molar-refractivity contribution in [3.05, 3.63) is 24.3 Å². The van der Waals surface area contributed by atoms with Gasteiger partial charge in [-0.25, -0.2) is 8.42 Å². The number of nitrogens with one attached hydrogen (secondary N) is 2. The summed E-state index contributed by atoms with van der Waals surface area (Å²) in [5, 5.41) is 3.42. The lowest BCUT2D eigenvalue weighted by Crippen LogP contribution is -2.15. The Morgan fingerprint density at radius 1 is 1.10 bits per heavy atom. The zero-order valence-electron chi connectivity index (χ0n) is 13.4. The summed E-state index contributed by atoms with van der Waals surface area (Å²) in [6.07, 6.45) is 8.72. The molecule has 1 aromatic rings. The third-order valence-electron chi connectivity index (χ3n) is 3.32. The summed E-state index contributed by atoms with van der Waals surface area (Å²) in [5.74, 6) is 0. The van der Waals surface area contributed by atoms with Crippen LogP contribution in [0.5, 0.6) is 0 Å². The number of benzene rings is 1. The highest BCUT2D eigenvalue weighted by atomic mass is 32.2. The van der Waals surface area contributed by atoms with Crippen LogP contribution in [0.25, 0.3) is 0 Å². The van der Waals surface area contributed by atoms with Crippen LogP contribution in [0.3, 0.4) is 0 Å². The Morgan fingerprint density at radius 3 is 2.43 bits per heavy atom. The standard InChI is InChI=1S/C16H28N2O2S/c1-4-5-6-7-8-10-14(2)17-15-11-9-12-16(13-15)18-21(3,19)20/h9,11-14,17-18H,4-8,10H2,1-3H3. The first kappa shape index (κ1) is 17.8. The molecule has 0 aliphatic heterocycles. The minimum absolute atomic E-state index is 0.389. The molecular weight excluding hydrogens is 284 g/mol. The molecule has 0 aliphatic carbocycles.